The molecule has 0 aliphatic carbocycles. The lowest BCUT2D eigenvalue weighted by molar-refractivity contribution is -0.162. The Hall–Kier alpha value is -1.84. The quantitative estimate of drug-likeness (QED) is 0.352. The first-order valence-electron chi connectivity index (χ1n) is 8.81. The molecule has 0 aromatic rings. The fourth-order valence-electron chi connectivity index (χ4n) is 1.84. The number of carbonyl (C=O) groups excluding carboxylic acids is 4. The first-order valence-corrected chi connectivity index (χ1v) is 8.81. The Bertz CT molecular complexity index is 511. The summed E-state index contributed by atoms with van der Waals surface area (Å²) in [7, 11) is 0. The highest BCUT2D eigenvalue weighted by atomic mass is 16.6. The molecule has 0 rings (SSSR count). The number of ether oxygens (including phenoxy) is 2. The lowest BCUT2D eigenvalue weighted by atomic mass is 10.0. The minimum absolute atomic E-state index is 0.131. The Morgan fingerprint density at radius 2 is 1.19 bits per heavy atom. The van der Waals surface area contributed by atoms with Crippen molar-refractivity contribution in [2.24, 2.45) is 29.0 Å². The molecule has 26 heavy (non-hydrogen) atoms. The van der Waals surface area contributed by atoms with Crippen LogP contribution in [0.15, 0.2) is 0 Å². The van der Waals surface area contributed by atoms with Gasteiger partial charge in [0.25, 0.3) is 0 Å². The molecule has 9 nitrogen and oxygen atoms in total. The number of nitrogens with two attached hydrogens (primary N) is 3. The average Bonchev–Trinajstić information content (AvgIpc) is 2.62. The molecule has 0 aliphatic heterocycles. The maximum atomic E-state index is 11.8. The molecule has 0 spiro atoms. The molecular weight excluding hydrogens is 342 g/mol. The first-order chi connectivity index (χ1) is 12.0. The lowest BCUT2D eigenvalue weighted by Gasteiger charge is -2.17. The van der Waals surface area contributed by atoms with E-state index >= 15 is 0 Å². The number of rotatable bonds is 10. The summed E-state index contributed by atoms with van der Waals surface area (Å²) in [6.07, 6.45) is 0.874. The fourth-order valence-corrected chi connectivity index (χ4v) is 1.84. The van der Waals surface area contributed by atoms with Gasteiger partial charge in [-0.15, -0.1) is 0 Å². The fraction of sp³-hybridized carbons (Fsp3) is 0.765. The van der Waals surface area contributed by atoms with Crippen LogP contribution in [0, 0.1) is 11.8 Å². The Morgan fingerprint density at radius 1 is 0.769 bits per heavy atom. The van der Waals surface area contributed by atoms with Crippen LogP contribution in [0.25, 0.3) is 0 Å². The van der Waals surface area contributed by atoms with E-state index in [1.54, 1.807) is 13.8 Å². The molecule has 5 atom stereocenters. The molecular formula is C17H31N3O6. The van der Waals surface area contributed by atoms with Crippen molar-refractivity contribution in [1.29, 1.82) is 0 Å². The molecule has 0 aromatic carbocycles. The van der Waals surface area contributed by atoms with E-state index in [4.69, 9.17) is 17.2 Å². The predicted molar refractivity (Wildman–Crippen MR) is 94.3 cm³/mol. The van der Waals surface area contributed by atoms with Gasteiger partial charge in [-0.2, -0.15) is 0 Å². The van der Waals surface area contributed by atoms with Crippen LogP contribution in [0.5, 0.6) is 0 Å². The van der Waals surface area contributed by atoms with Gasteiger partial charge in [0.05, 0.1) is 0 Å². The molecule has 0 bridgehead atoms. The van der Waals surface area contributed by atoms with Crippen LogP contribution in [0.1, 0.15) is 53.4 Å². The second-order valence-electron chi connectivity index (χ2n) is 6.50. The molecule has 0 radical (unpaired) electrons. The van der Waals surface area contributed by atoms with Crippen LogP contribution in [-0.2, 0) is 28.7 Å². The van der Waals surface area contributed by atoms with E-state index in [0.717, 1.165) is 0 Å². The summed E-state index contributed by atoms with van der Waals surface area (Å²) in [6, 6.07) is -3.04. The maximum absolute atomic E-state index is 11.8. The Morgan fingerprint density at radius 3 is 1.62 bits per heavy atom. The zero-order chi connectivity index (χ0) is 20.4. The van der Waals surface area contributed by atoms with Crippen molar-refractivity contribution in [2.45, 2.75) is 71.5 Å². The molecule has 0 saturated heterocycles. The van der Waals surface area contributed by atoms with Crippen LogP contribution < -0.4 is 17.2 Å². The van der Waals surface area contributed by atoms with E-state index in [1.165, 1.54) is 0 Å². The summed E-state index contributed by atoms with van der Waals surface area (Å²) < 4.78 is 9.26. The highest BCUT2D eigenvalue weighted by Gasteiger charge is 2.27. The van der Waals surface area contributed by atoms with Gasteiger partial charge in [0.15, 0.2) is 0 Å². The summed E-state index contributed by atoms with van der Waals surface area (Å²) in [5, 5.41) is 0. The zero-order valence-electron chi connectivity index (χ0n) is 15.9. The van der Waals surface area contributed by atoms with Gasteiger partial charge in [0, 0.05) is 6.42 Å². The zero-order valence-corrected chi connectivity index (χ0v) is 15.9. The number of hydrogen-bond acceptors (Lipinski definition) is 9. The summed E-state index contributed by atoms with van der Waals surface area (Å²) >= 11 is 0. The normalized spacial score (nSPS) is 16.7. The van der Waals surface area contributed by atoms with Crippen LogP contribution in [0.3, 0.4) is 0 Å². The minimum Gasteiger partial charge on any atom is -0.392 e. The summed E-state index contributed by atoms with van der Waals surface area (Å²) in [5.41, 5.74) is 16.9. The molecule has 9 heteroatoms. The molecule has 150 valence electrons. The van der Waals surface area contributed by atoms with Gasteiger partial charge in [-0.05, 0) is 18.3 Å². The van der Waals surface area contributed by atoms with E-state index in [1.807, 2.05) is 13.8 Å². The molecule has 0 saturated carbocycles. The minimum atomic E-state index is -1.21. The third-order valence-electron chi connectivity index (χ3n) is 4.44. The van der Waals surface area contributed by atoms with Crippen molar-refractivity contribution < 1.29 is 28.7 Å². The van der Waals surface area contributed by atoms with Crippen molar-refractivity contribution in [3.8, 4) is 0 Å². The summed E-state index contributed by atoms with van der Waals surface area (Å²) in [4.78, 5) is 46.9. The van der Waals surface area contributed by atoms with Crippen molar-refractivity contribution >= 4 is 23.9 Å². The highest BCUT2D eigenvalue weighted by Crippen LogP contribution is 2.09. The molecule has 6 N–H and O–H groups in total. The van der Waals surface area contributed by atoms with Gasteiger partial charge in [0.2, 0.25) is 0 Å². The van der Waals surface area contributed by atoms with E-state index in [9.17, 15) is 19.2 Å². The Balaban J connectivity index is 4.37. The van der Waals surface area contributed by atoms with E-state index in [2.05, 4.69) is 9.47 Å². The van der Waals surface area contributed by atoms with Crippen LogP contribution >= 0.6 is 0 Å². The Kier molecular flexibility index (Phi) is 10.9. The van der Waals surface area contributed by atoms with Gasteiger partial charge in [-0.1, -0.05) is 40.5 Å². The number of hydrogen-bond donors (Lipinski definition) is 3. The monoisotopic (exact) mass is 373 g/mol. The van der Waals surface area contributed by atoms with Gasteiger partial charge in [-0.3, -0.25) is 4.79 Å². The third kappa shape index (κ3) is 8.03. The maximum Gasteiger partial charge on any atom is 0.330 e. The van der Waals surface area contributed by atoms with Crippen LogP contribution in [0.2, 0.25) is 0 Å². The molecule has 0 heterocycles. The largest absolute Gasteiger partial charge is 0.392 e. The molecule has 0 aliphatic rings. The topological polar surface area (TPSA) is 165 Å². The van der Waals surface area contributed by atoms with Gasteiger partial charge >= 0.3 is 23.9 Å². The molecule has 0 aromatic heterocycles. The van der Waals surface area contributed by atoms with Gasteiger partial charge in [-0.25, -0.2) is 14.4 Å². The molecule has 0 unspecified atom stereocenters. The molecule has 0 fully saturated rings. The summed E-state index contributed by atoms with van der Waals surface area (Å²) in [5.74, 6) is -3.80. The van der Waals surface area contributed by atoms with Crippen molar-refractivity contribution in [1.82, 2.24) is 0 Å². The first kappa shape index (κ1) is 24.2. The van der Waals surface area contributed by atoms with Crippen molar-refractivity contribution in [3.05, 3.63) is 0 Å². The Labute approximate surface area is 153 Å². The smallest absolute Gasteiger partial charge is 0.330 e. The van der Waals surface area contributed by atoms with Gasteiger partial charge < -0.3 is 26.7 Å². The summed E-state index contributed by atoms with van der Waals surface area (Å²) in [6.45, 7) is 7.24. The van der Waals surface area contributed by atoms with Crippen LogP contribution in [-0.4, -0.2) is 42.0 Å². The average molecular weight is 373 g/mol. The van der Waals surface area contributed by atoms with Gasteiger partial charge in [0.1, 0.15) is 18.1 Å². The second-order valence-corrected chi connectivity index (χ2v) is 6.50. The number of esters is 4. The van der Waals surface area contributed by atoms with Crippen molar-refractivity contribution in [3.63, 3.8) is 0 Å². The molecule has 0 amide bonds. The SMILES string of the molecule is CC[C@H](C)[C@H](N)C(=O)OC(=O)CC[C@H](N)C(=O)OC(=O)[C@@H](N)[C@@H](C)CC. The highest BCUT2D eigenvalue weighted by molar-refractivity contribution is 5.91. The lowest BCUT2D eigenvalue weighted by Crippen LogP contribution is -2.42. The number of carbonyl (C=O) groups is 4. The predicted octanol–water partition coefficient (Wildman–Crippen LogP) is -0.0197. The standard InChI is InChI=1S/C17H31N3O6/c1-5-9(3)13(19)16(23)25-12(21)8-7-11(18)15(22)26-17(24)14(20)10(4)6-2/h9-11,13-14H,5-8,18-20H2,1-4H3/t9-,10-,11-,13-,14-/m0/s1. The van der Waals surface area contributed by atoms with E-state index < -0.39 is 42.0 Å². The van der Waals surface area contributed by atoms with Crippen LogP contribution in [0.4, 0.5) is 0 Å². The second kappa shape index (κ2) is 11.7. The third-order valence-corrected chi connectivity index (χ3v) is 4.44. The van der Waals surface area contributed by atoms with Crippen molar-refractivity contribution in [2.75, 3.05) is 0 Å². The van der Waals surface area contributed by atoms with E-state index in [-0.39, 0.29) is 24.7 Å². The van der Waals surface area contributed by atoms with E-state index in [0.29, 0.717) is 12.8 Å².